The van der Waals surface area contributed by atoms with Gasteiger partial charge in [0.05, 0.1) is 16.1 Å². The molecule has 146 valence electrons. The first-order chi connectivity index (χ1) is 13.9. The van der Waals surface area contributed by atoms with Gasteiger partial charge in [0.25, 0.3) is 0 Å². The molecular weight excluding hydrogens is 415 g/mol. The first kappa shape index (κ1) is 20.6. The van der Waals surface area contributed by atoms with Crippen LogP contribution in [0.2, 0.25) is 10.0 Å². The Hall–Kier alpha value is -3.15. The van der Waals surface area contributed by atoms with Crippen molar-refractivity contribution in [3.8, 4) is 5.75 Å². The second kappa shape index (κ2) is 9.37. The Labute approximate surface area is 176 Å². The number of hydrogen-bond acceptors (Lipinski definition) is 5. The summed E-state index contributed by atoms with van der Waals surface area (Å²) in [6.07, 6.45) is 0. The van der Waals surface area contributed by atoms with Crippen molar-refractivity contribution in [3.05, 3.63) is 99.5 Å². The molecule has 0 bridgehead atoms. The standard InChI is InChI=1S/C22H14Cl2O5/c23-16-8-11-18(19(24)12-16)22(27)28-13-20(25)14-6-9-17(10-7-14)29-21(26)15-4-2-1-3-5-15/h1-12H,13H2. The van der Waals surface area contributed by atoms with Gasteiger partial charge < -0.3 is 9.47 Å². The van der Waals surface area contributed by atoms with Crippen LogP contribution in [0, 0.1) is 0 Å². The third-order valence-corrected chi connectivity index (χ3v) is 4.43. The lowest BCUT2D eigenvalue weighted by Crippen LogP contribution is -2.14. The van der Waals surface area contributed by atoms with Crippen LogP contribution >= 0.6 is 23.2 Å². The first-order valence-electron chi connectivity index (χ1n) is 8.47. The van der Waals surface area contributed by atoms with Crippen LogP contribution in [0.5, 0.6) is 5.75 Å². The third kappa shape index (κ3) is 5.44. The molecule has 0 unspecified atom stereocenters. The van der Waals surface area contributed by atoms with Crippen LogP contribution < -0.4 is 4.74 Å². The molecule has 0 aliphatic rings. The Kier molecular flexibility index (Phi) is 6.65. The van der Waals surface area contributed by atoms with E-state index in [2.05, 4.69) is 0 Å². The summed E-state index contributed by atoms with van der Waals surface area (Å²) < 4.78 is 10.3. The van der Waals surface area contributed by atoms with Gasteiger partial charge in [-0.15, -0.1) is 0 Å². The number of ketones is 1. The van der Waals surface area contributed by atoms with Gasteiger partial charge in [-0.1, -0.05) is 41.4 Å². The second-order valence-corrected chi connectivity index (χ2v) is 6.75. The minimum atomic E-state index is -0.728. The summed E-state index contributed by atoms with van der Waals surface area (Å²) in [6.45, 7) is -0.457. The highest BCUT2D eigenvalue weighted by Gasteiger charge is 2.15. The summed E-state index contributed by atoms with van der Waals surface area (Å²) in [5.74, 6) is -1.35. The van der Waals surface area contributed by atoms with Gasteiger partial charge in [0, 0.05) is 10.6 Å². The van der Waals surface area contributed by atoms with Crippen molar-refractivity contribution in [1.29, 1.82) is 0 Å². The van der Waals surface area contributed by atoms with E-state index in [1.807, 2.05) is 0 Å². The molecule has 0 saturated carbocycles. The highest BCUT2D eigenvalue weighted by molar-refractivity contribution is 6.36. The average molecular weight is 429 g/mol. The van der Waals surface area contributed by atoms with Crippen LogP contribution in [0.15, 0.2) is 72.8 Å². The average Bonchev–Trinajstić information content (AvgIpc) is 2.73. The fourth-order valence-corrected chi connectivity index (χ4v) is 2.88. The fraction of sp³-hybridized carbons (Fsp3) is 0.0455. The molecule has 5 nitrogen and oxygen atoms in total. The smallest absolute Gasteiger partial charge is 0.343 e. The maximum absolute atomic E-state index is 12.2. The van der Waals surface area contributed by atoms with Gasteiger partial charge in [-0.3, -0.25) is 4.79 Å². The number of esters is 2. The van der Waals surface area contributed by atoms with Crippen molar-refractivity contribution in [2.24, 2.45) is 0 Å². The Morgan fingerprint density at radius 3 is 2.10 bits per heavy atom. The Morgan fingerprint density at radius 1 is 0.759 bits per heavy atom. The molecule has 0 spiro atoms. The second-order valence-electron chi connectivity index (χ2n) is 5.90. The maximum Gasteiger partial charge on any atom is 0.343 e. The van der Waals surface area contributed by atoms with E-state index in [1.165, 1.54) is 42.5 Å². The molecule has 0 aliphatic heterocycles. The number of rotatable bonds is 6. The number of carbonyl (C=O) groups excluding carboxylic acids is 3. The van der Waals surface area contributed by atoms with Gasteiger partial charge in [0.15, 0.2) is 12.4 Å². The van der Waals surface area contributed by atoms with Crippen molar-refractivity contribution in [2.45, 2.75) is 0 Å². The van der Waals surface area contributed by atoms with Crippen molar-refractivity contribution in [3.63, 3.8) is 0 Å². The van der Waals surface area contributed by atoms with Crippen LogP contribution in [0.3, 0.4) is 0 Å². The molecule has 0 radical (unpaired) electrons. The molecule has 0 amide bonds. The van der Waals surface area contributed by atoms with E-state index >= 15 is 0 Å². The van der Waals surface area contributed by atoms with Crippen LogP contribution in [0.25, 0.3) is 0 Å². The van der Waals surface area contributed by atoms with Crippen LogP contribution in [0.4, 0.5) is 0 Å². The minimum Gasteiger partial charge on any atom is -0.454 e. The molecular formula is C22H14Cl2O5. The van der Waals surface area contributed by atoms with E-state index < -0.39 is 24.3 Å². The molecule has 3 aromatic rings. The number of Topliss-reactive ketones (excluding diaryl/α,β-unsaturated/α-hetero) is 1. The molecule has 0 N–H and O–H groups in total. The zero-order valence-electron chi connectivity index (χ0n) is 14.9. The topological polar surface area (TPSA) is 69.7 Å². The van der Waals surface area contributed by atoms with E-state index in [4.69, 9.17) is 32.7 Å². The number of benzene rings is 3. The van der Waals surface area contributed by atoms with Crippen molar-refractivity contribution >= 4 is 40.9 Å². The van der Waals surface area contributed by atoms with Gasteiger partial charge in [-0.05, 0) is 54.6 Å². The summed E-state index contributed by atoms with van der Waals surface area (Å²) in [4.78, 5) is 36.3. The van der Waals surface area contributed by atoms with E-state index in [1.54, 1.807) is 30.3 Å². The molecule has 0 heterocycles. The molecule has 0 atom stereocenters. The highest BCUT2D eigenvalue weighted by atomic mass is 35.5. The Balaban J connectivity index is 1.57. The molecule has 29 heavy (non-hydrogen) atoms. The van der Waals surface area contributed by atoms with E-state index in [0.717, 1.165) is 0 Å². The number of ether oxygens (including phenoxy) is 2. The van der Waals surface area contributed by atoms with E-state index in [9.17, 15) is 14.4 Å². The molecule has 0 saturated heterocycles. The third-order valence-electron chi connectivity index (χ3n) is 3.88. The van der Waals surface area contributed by atoms with Crippen molar-refractivity contribution in [2.75, 3.05) is 6.61 Å². The largest absolute Gasteiger partial charge is 0.454 e. The lowest BCUT2D eigenvalue weighted by Gasteiger charge is -2.07. The fourth-order valence-electron chi connectivity index (χ4n) is 2.40. The Bertz CT molecular complexity index is 1050. The Morgan fingerprint density at radius 2 is 1.45 bits per heavy atom. The molecule has 0 fully saturated rings. The predicted molar refractivity (Wildman–Crippen MR) is 109 cm³/mol. The van der Waals surface area contributed by atoms with Crippen LogP contribution in [0.1, 0.15) is 31.1 Å². The maximum atomic E-state index is 12.2. The van der Waals surface area contributed by atoms with Crippen LogP contribution in [-0.2, 0) is 4.74 Å². The molecule has 3 aromatic carbocycles. The molecule has 0 aliphatic carbocycles. The minimum absolute atomic E-state index is 0.118. The lowest BCUT2D eigenvalue weighted by atomic mass is 10.1. The van der Waals surface area contributed by atoms with Gasteiger partial charge >= 0.3 is 11.9 Å². The normalized spacial score (nSPS) is 10.3. The lowest BCUT2D eigenvalue weighted by molar-refractivity contribution is 0.0474. The van der Waals surface area contributed by atoms with Crippen molar-refractivity contribution < 1.29 is 23.9 Å². The van der Waals surface area contributed by atoms with Gasteiger partial charge in [0.2, 0.25) is 0 Å². The van der Waals surface area contributed by atoms with Crippen LogP contribution in [-0.4, -0.2) is 24.3 Å². The SMILES string of the molecule is O=C(COC(=O)c1ccc(Cl)cc1Cl)c1ccc(OC(=O)c2ccccc2)cc1. The quantitative estimate of drug-likeness (QED) is 0.304. The number of halogens is 2. The molecule has 0 aromatic heterocycles. The number of hydrogen-bond donors (Lipinski definition) is 0. The summed E-state index contributed by atoms with van der Waals surface area (Å²) >= 11 is 11.7. The predicted octanol–water partition coefficient (Wildman–Crippen LogP) is 5.25. The van der Waals surface area contributed by atoms with Gasteiger partial charge in [-0.2, -0.15) is 0 Å². The summed E-state index contributed by atoms with van der Waals surface area (Å²) in [5, 5.41) is 0.523. The summed E-state index contributed by atoms with van der Waals surface area (Å²) in [6, 6.07) is 18.8. The summed E-state index contributed by atoms with van der Waals surface area (Å²) in [5.41, 5.74) is 0.840. The zero-order chi connectivity index (χ0) is 20.8. The molecule has 3 rings (SSSR count). The first-order valence-corrected chi connectivity index (χ1v) is 9.22. The van der Waals surface area contributed by atoms with E-state index in [-0.39, 0.29) is 10.6 Å². The van der Waals surface area contributed by atoms with Gasteiger partial charge in [-0.25, -0.2) is 9.59 Å². The highest BCUT2D eigenvalue weighted by Crippen LogP contribution is 2.22. The zero-order valence-corrected chi connectivity index (χ0v) is 16.4. The van der Waals surface area contributed by atoms with Gasteiger partial charge in [0.1, 0.15) is 5.75 Å². The molecule has 7 heteroatoms. The van der Waals surface area contributed by atoms with E-state index in [0.29, 0.717) is 21.9 Å². The monoisotopic (exact) mass is 428 g/mol. The number of carbonyl (C=O) groups is 3. The summed E-state index contributed by atoms with van der Waals surface area (Å²) in [7, 11) is 0. The van der Waals surface area contributed by atoms with Crippen molar-refractivity contribution in [1.82, 2.24) is 0 Å².